The number of hydrogen-bond donors (Lipinski definition) is 3. The monoisotopic (exact) mass is 209 g/mol. The maximum absolute atomic E-state index is 10.7. The summed E-state index contributed by atoms with van der Waals surface area (Å²) in [5.74, 6) is -0.924. The highest BCUT2D eigenvalue weighted by Crippen LogP contribution is 2.04. The number of aliphatic hydroxyl groups is 1. The van der Waals surface area contributed by atoms with E-state index >= 15 is 0 Å². The molecule has 1 unspecified atom stereocenters. The van der Waals surface area contributed by atoms with Gasteiger partial charge >= 0.3 is 5.97 Å². The third-order valence-electron chi connectivity index (χ3n) is 1.94. The molecule has 0 aliphatic heterocycles. The molecule has 1 aromatic rings. The van der Waals surface area contributed by atoms with Crippen molar-refractivity contribution < 1.29 is 15.0 Å². The van der Waals surface area contributed by atoms with Crippen LogP contribution < -0.4 is 5.32 Å². The molecule has 1 aromatic carbocycles. The first-order valence-electron chi connectivity index (χ1n) is 4.80. The molecule has 0 aromatic heterocycles. The van der Waals surface area contributed by atoms with Gasteiger partial charge in [-0.1, -0.05) is 12.1 Å². The van der Waals surface area contributed by atoms with Crippen LogP contribution in [-0.4, -0.2) is 28.8 Å². The molecule has 0 aliphatic carbocycles. The molecule has 0 spiro atoms. The highest BCUT2D eigenvalue weighted by Gasteiger charge is 2.02. The minimum atomic E-state index is -0.924. The predicted octanol–water partition coefficient (Wildman–Crippen LogP) is 0.855. The molecule has 82 valence electrons. The van der Waals surface area contributed by atoms with Gasteiger partial charge in [0.1, 0.15) is 0 Å². The fourth-order valence-corrected chi connectivity index (χ4v) is 1.24. The SMILES string of the molecule is CC(O)CNCc1cccc(C(=O)O)c1. The second kappa shape index (κ2) is 5.48. The number of nitrogens with one attached hydrogen (secondary N) is 1. The molecular formula is C11H15NO3. The molecule has 0 saturated heterocycles. The maximum Gasteiger partial charge on any atom is 0.335 e. The molecule has 0 aliphatic rings. The van der Waals surface area contributed by atoms with Gasteiger partial charge < -0.3 is 15.5 Å². The van der Waals surface area contributed by atoms with Gasteiger partial charge in [-0.2, -0.15) is 0 Å². The Hall–Kier alpha value is -1.39. The summed E-state index contributed by atoms with van der Waals surface area (Å²) in [5, 5.41) is 20.8. The van der Waals surface area contributed by atoms with E-state index in [9.17, 15) is 4.79 Å². The lowest BCUT2D eigenvalue weighted by Gasteiger charge is -2.07. The second-order valence-electron chi connectivity index (χ2n) is 3.49. The molecule has 0 radical (unpaired) electrons. The van der Waals surface area contributed by atoms with E-state index < -0.39 is 12.1 Å². The number of aromatic carboxylic acids is 1. The smallest absolute Gasteiger partial charge is 0.335 e. The van der Waals surface area contributed by atoms with Crippen LogP contribution in [0.1, 0.15) is 22.8 Å². The number of hydrogen-bond acceptors (Lipinski definition) is 3. The molecule has 3 N–H and O–H groups in total. The van der Waals surface area contributed by atoms with Crippen molar-refractivity contribution in [2.45, 2.75) is 19.6 Å². The molecule has 0 heterocycles. The van der Waals surface area contributed by atoms with Gasteiger partial charge in [0.25, 0.3) is 0 Å². The zero-order valence-corrected chi connectivity index (χ0v) is 8.60. The van der Waals surface area contributed by atoms with Crippen LogP contribution in [0.5, 0.6) is 0 Å². The topological polar surface area (TPSA) is 69.6 Å². The molecule has 15 heavy (non-hydrogen) atoms. The summed E-state index contributed by atoms with van der Waals surface area (Å²) in [6.07, 6.45) is -0.396. The fraction of sp³-hybridized carbons (Fsp3) is 0.364. The Labute approximate surface area is 88.6 Å². The lowest BCUT2D eigenvalue weighted by molar-refractivity contribution is 0.0696. The standard InChI is InChI=1S/C11H15NO3/c1-8(13)6-12-7-9-3-2-4-10(5-9)11(14)15/h2-5,8,12-13H,6-7H2,1H3,(H,14,15). The molecule has 0 bridgehead atoms. The summed E-state index contributed by atoms with van der Waals surface area (Å²) >= 11 is 0. The molecule has 4 nitrogen and oxygen atoms in total. The van der Waals surface area contributed by atoms with Crippen LogP contribution in [0, 0.1) is 0 Å². The van der Waals surface area contributed by atoms with Crippen LogP contribution in [0.4, 0.5) is 0 Å². The third-order valence-corrected chi connectivity index (χ3v) is 1.94. The van der Waals surface area contributed by atoms with Gasteiger partial charge in [-0.3, -0.25) is 0 Å². The highest BCUT2D eigenvalue weighted by atomic mass is 16.4. The second-order valence-corrected chi connectivity index (χ2v) is 3.49. The Morgan fingerprint density at radius 1 is 1.53 bits per heavy atom. The van der Waals surface area contributed by atoms with Crippen molar-refractivity contribution in [2.75, 3.05) is 6.54 Å². The molecule has 1 atom stereocenters. The van der Waals surface area contributed by atoms with E-state index in [1.165, 1.54) is 0 Å². The van der Waals surface area contributed by atoms with Crippen molar-refractivity contribution in [2.24, 2.45) is 0 Å². The molecule has 4 heteroatoms. The predicted molar refractivity (Wildman–Crippen MR) is 56.8 cm³/mol. The number of benzene rings is 1. The van der Waals surface area contributed by atoms with Gasteiger partial charge in [0, 0.05) is 13.1 Å². The average Bonchev–Trinajstić information content (AvgIpc) is 2.17. The van der Waals surface area contributed by atoms with Crippen molar-refractivity contribution in [3.63, 3.8) is 0 Å². The molecule has 0 saturated carbocycles. The van der Waals surface area contributed by atoms with Crippen LogP contribution in [0.2, 0.25) is 0 Å². The maximum atomic E-state index is 10.7. The Balaban J connectivity index is 2.54. The van der Waals surface area contributed by atoms with Gasteiger partial charge in [-0.25, -0.2) is 4.79 Å². The van der Waals surface area contributed by atoms with Crippen molar-refractivity contribution >= 4 is 5.97 Å². The Kier molecular flexibility index (Phi) is 4.27. The van der Waals surface area contributed by atoms with Crippen molar-refractivity contribution in [1.29, 1.82) is 0 Å². The molecule has 0 fully saturated rings. The van der Waals surface area contributed by atoms with Gasteiger partial charge in [0.05, 0.1) is 11.7 Å². The van der Waals surface area contributed by atoms with Crippen LogP contribution in [0.15, 0.2) is 24.3 Å². The summed E-state index contributed by atoms with van der Waals surface area (Å²) in [4.78, 5) is 10.7. The van der Waals surface area contributed by atoms with E-state index in [1.54, 1.807) is 25.1 Å². The van der Waals surface area contributed by atoms with Gasteiger partial charge in [-0.05, 0) is 24.6 Å². The quantitative estimate of drug-likeness (QED) is 0.672. The zero-order chi connectivity index (χ0) is 11.3. The molecule has 1 rings (SSSR count). The third kappa shape index (κ3) is 4.10. The van der Waals surface area contributed by atoms with Gasteiger partial charge in [0.15, 0.2) is 0 Å². The summed E-state index contributed by atoms with van der Waals surface area (Å²) < 4.78 is 0. The molecular weight excluding hydrogens is 194 g/mol. The largest absolute Gasteiger partial charge is 0.478 e. The van der Waals surface area contributed by atoms with Crippen molar-refractivity contribution in [3.8, 4) is 0 Å². The first-order valence-corrected chi connectivity index (χ1v) is 4.80. The summed E-state index contributed by atoms with van der Waals surface area (Å²) in [5.41, 5.74) is 1.18. The first-order chi connectivity index (χ1) is 7.09. The zero-order valence-electron chi connectivity index (χ0n) is 8.60. The normalized spacial score (nSPS) is 12.4. The van der Waals surface area contributed by atoms with Crippen LogP contribution in [0.25, 0.3) is 0 Å². The lowest BCUT2D eigenvalue weighted by atomic mass is 10.1. The number of aliphatic hydroxyl groups excluding tert-OH is 1. The average molecular weight is 209 g/mol. The number of carboxylic acid groups (broad SMARTS) is 1. The van der Waals surface area contributed by atoms with Crippen LogP contribution in [-0.2, 0) is 6.54 Å². The van der Waals surface area contributed by atoms with Crippen LogP contribution >= 0.6 is 0 Å². The van der Waals surface area contributed by atoms with Crippen LogP contribution in [0.3, 0.4) is 0 Å². The minimum Gasteiger partial charge on any atom is -0.478 e. The summed E-state index contributed by atoms with van der Waals surface area (Å²) in [7, 11) is 0. The van der Waals surface area contributed by atoms with E-state index in [1.807, 2.05) is 6.07 Å². The summed E-state index contributed by atoms with van der Waals surface area (Å²) in [6.45, 7) is 2.75. The summed E-state index contributed by atoms with van der Waals surface area (Å²) in [6, 6.07) is 6.74. The lowest BCUT2D eigenvalue weighted by Crippen LogP contribution is -2.23. The Morgan fingerprint density at radius 3 is 2.87 bits per heavy atom. The van der Waals surface area contributed by atoms with E-state index in [2.05, 4.69) is 5.32 Å². The molecule has 0 amide bonds. The van der Waals surface area contributed by atoms with E-state index in [0.29, 0.717) is 13.1 Å². The first kappa shape index (κ1) is 11.7. The Morgan fingerprint density at radius 2 is 2.27 bits per heavy atom. The van der Waals surface area contributed by atoms with E-state index in [0.717, 1.165) is 5.56 Å². The Bertz CT molecular complexity index is 336. The number of carboxylic acids is 1. The van der Waals surface area contributed by atoms with Crippen molar-refractivity contribution in [1.82, 2.24) is 5.32 Å². The number of carbonyl (C=O) groups is 1. The highest BCUT2D eigenvalue weighted by molar-refractivity contribution is 5.87. The number of rotatable bonds is 5. The van der Waals surface area contributed by atoms with Crippen molar-refractivity contribution in [3.05, 3.63) is 35.4 Å². The fourth-order valence-electron chi connectivity index (χ4n) is 1.24. The van der Waals surface area contributed by atoms with E-state index in [-0.39, 0.29) is 5.56 Å². The van der Waals surface area contributed by atoms with Gasteiger partial charge in [0.2, 0.25) is 0 Å². The van der Waals surface area contributed by atoms with Gasteiger partial charge in [-0.15, -0.1) is 0 Å². The van der Waals surface area contributed by atoms with E-state index in [4.69, 9.17) is 10.2 Å². The minimum absolute atomic E-state index is 0.284.